The van der Waals surface area contributed by atoms with E-state index >= 15 is 0 Å². The zero-order valence-corrected chi connectivity index (χ0v) is 16.4. The van der Waals surface area contributed by atoms with Gasteiger partial charge >= 0.3 is 0 Å². The molecule has 7 nitrogen and oxygen atoms in total. The number of aromatic nitrogens is 2. The molecule has 27 heavy (non-hydrogen) atoms. The molecule has 1 fully saturated rings. The number of halogens is 1. The van der Waals surface area contributed by atoms with Gasteiger partial charge in [0.1, 0.15) is 13.2 Å². The summed E-state index contributed by atoms with van der Waals surface area (Å²) in [6.07, 6.45) is 5.57. The molecule has 1 N–H and O–H groups in total. The number of hydrogen-bond donors (Lipinski definition) is 1. The fourth-order valence-corrected chi connectivity index (χ4v) is 3.83. The Kier molecular flexibility index (Phi) is 5.42. The molecule has 0 aliphatic carbocycles. The van der Waals surface area contributed by atoms with Crippen LogP contribution in [0.2, 0.25) is 0 Å². The van der Waals surface area contributed by atoms with Gasteiger partial charge in [-0.05, 0) is 36.6 Å². The van der Waals surface area contributed by atoms with Gasteiger partial charge in [0.15, 0.2) is 11.5 Å². The highest BCUT2D eigenvalue weighted by molar-refractivity contribution is 9.10. The maximum atomic E-state index is 12.5. The Balaban J connectivity index is 1.31. The van der Waals surface area contributed by atoms with E-state index in [1.54, 1.807) is 12.4 Å². The highest BCUT2D eigenvalue weighted by Crippen LogP contribution is 2.35. The monoisotopic (exact) mass is 432 g/mol. The molecule has 3 heterocycles. The molecule has 0 atom stereocenters. The van der Waals surface area contributed by atoms with Crippen LogP contribution in [0.25, 0.3) is 0 Å². The number of amides is 1. The maximum absolute atomic E-state index is 12.5. The van der Waals surface area contributed by atoms with Crippen molar-refractivity contribution in [1.82, 2.24) is 15.3 Å². The quantitative estimate of drug-likeness (QED) is 0.798. The lowest BCUT2D eigenvalue weighted by Gasteiger charge is -2.32. The molecule has 0 bridgehead atoms. The molecule has 142 valence electrons. The van der Waals surface area contributed by atoms with Crippen molar-refractivity contribution in [2.45, 2.75) is 25.3 Å². The van der Waals surface area contributed by atoms with Crippen molar-refractivity contribution in [3.05, 3.63) is 40.6 Å². The van der Waals surface area contributed by atoms with Crippen LogP contribution in [0, 0.1) is 0 Å². The van der Waals surface area contributed by atoms with Crippen LogP contribution in [0.5, 0.6) is 11.5 Å². The van der Waals surface area contributed by atoms with Crippen LogP contribution in [-0.4, -0.2) is 48.2 Å². The Hall–Kier alpha value is -2.35. The van der Waals surface area contributed by atoms with E-state index in [2.05, 4.69) is 36.1 Å². The Morgan fingerprint density at radius 3 is 2.52 bits per heavy atom. The number of nitrogens with one attached hydrogen (secondary N) is 1. The SMILES string of the molecule is O=C(Cc1cc2c(cc1Br)OCCO2)NC1CCN(c2ncccn2)CC1. The molecule has 0 saturated carbocycles. The summed E-state index contributed by atoms with van der Waals surface area (Å²) in [6, 6.07) is 5.74. The van der Waals surface area contributed by atoms with E-state index < -0.39 is 0 Å². The van der Waals surface area contributed by atoms with E-state index in [1.807, 2.05) is 18.2 Å². The third kappa shape index (κ3) is 4.32. The molecule has 0 radical (unpaired) electrons. The minimum absolute atomic E-state index is 0.0155. The average Bonchev–Trinajstić information content (AvgIpc) is 2.70. The molecule has 2 aliphatic rings. The number of hydrogen-bond acceptors (Lipinski definition) is 6. The van der Waals surface area contributed by atoms with Crippen molar-refractivity contribution in [2.75, 3.05) is 31.2 Å². The lowest BCUT2D eigenvalue weighted by Crippen LogP contribution is -2.45. The van der Waals surface area contributed by atoms with Gasteiger partial charge < -0.3 is 19.7 Å². The van der Waals surface area contributed by atoms with Crippen LogP contribution in [0.4, 0.5) is 5.95 Å². The van der Waals surface area contributed by atoms with Gasteiger partial charge in [0, 0.05) is 36.0 Å². The molecule has 1 saturated heterocycles. The van der Waals surface area contributed by atoms with Gasteiger partial charge in [0.2, 0.25) is 11.9 Å². The third-order valence-corrected chi connectivity index (χ3v) is 5.50. The van der Waals surface area contributed by atoms with Gasteiger partial charge in [-0.3, -0.25) is 4.79 Å². The minimum Gasteiger partial charge on any atom is -0.486 e. The summed E-state index contributed by atoms with van der Waals surface area (Å²) in [4.78, 5) is 23.2. The Bertz CT molecular complexity index is 810. The molecule has 2 aliphatic heterocycles. The normalized spacial score (nSPS) is 16.9. The van der Waals surface area contributed by atoms with Crippen LogP contribution in [-0.2, 0) is 11.2 Å². The van der Waals surface area contributed by atoms with E-state index in [0.29, 0.717) is 31.1 Å². The first-order valence-corrected chi connectivity index (χ1v) is 9.88. The summed E-state index contributed by atoms with van der Waals surface area (Å²) >= 11 is 3.53. The Morgan fingerprint density at radius 2 is 1.81 bits per heavy atom. The molecule has 4 rings (SSSR count). The molecule has 1 amide bonds. The van der Waals surface area contributed by atoms with Gasteiger partial charge in [-0.2, -0.15) is 0 Å². The molecule has 0 unspecified atom stereocenters. The van der Waals surface area contributed by atoms with E-state index in [-0.39, 0.29) is 11.9 Å². The standard InChI is InChI=1S/C19H21BrN4O3/c20-15-12-17-16(26-8-9-27-17)10-13(15)11-18(25)23-14-2-6-24(7-3-14)19-21-4-1-5-22-19/h1,4-5,10,12,14H,2-3,6-9,11H2,(H,23,25). The number of fused-ring (bicyclic) bond motifs is 1. The Labute approximate surface area is 166 Å². The average molecular weight is 433 g/mol. The predicted molar refractivity (Wildman–Crippen MR) is 104 cm³/mol. The summed E-state index contributed by atoms with van der Waals surface area (Å²) in [7, 11) is 0. The molecular formula is C19H21BrN4O3. The van der Waals surface area contributed by atoms with Crippen molar-refractivity contribution >= 4 is 27.8 Å². The zero-order chi connectivity index (χ0) is 18.6. The van der Waals surface area contributed by atoms with E-state index in [4.69, 9.17) is 9.47 Å². The number of anilines is 1. The number of nitrogens with zero attached hydrogens (tertiary/aromatic N) is 3. The third-order valence-electron chi connectivity index (χ3n) is 4.76. The van der Waals surface area contributed by atoms with E-state index in [1.165, 1.54) is 0 Å². The number of piperidine rings is 1. The first kappa shape index (κ1) is 18.0. The van der Waals surface area contributed by atoms with Crippen LogP contribution >= 0.6 is 15.9 Å². The minimum atomic E-state index is 0.0155. The first-order chi connectivity index (χ1) is 13.2. The molecule has 0 spiro atoms. The topological polar surface area (TPSA) is 76.6 Å². The number of benzene rings is 1. The zero-order valence-electron chi connectivity index (χ0n) is 14.9. The summed E-state index contributed by atoms with van der Waals surface area (Å²) in [5.74, 6) is 2.18. The number of rotatable bonds is 4. The lowest BCUT2D eigenvalue weighted by atomic mass is 10.0. The van der Waals surface area contributed by atoms with E-state index in [0.717, 1.165) is 41.9 Å². The fourth-order valence-electron chi connectivity index (χ4n) is 3.37. The van der Waals surface area contributed by atoms with Crippen molar-refractivity contribution < 1.29 is 14.3 Å². The van der Waals surface area contributed by atoms with Crippen molar-refractivity contribution in [3.8, 4) is 11.5 Å². The molecular weight excluding hydrogens is 412 g/mol. The van der Waals surface area contributed by atoms with Crippen molar-refractivity contribution in [1.29, 1.82) is 0 Å². The first-order valence-electron chi connectivity index (χ1n) is 9.08. The highest BCUT2D eigenvalue weighted by Gasteiger charge is 2.23. The van der Waals surface area contributed by atoms with Crippen molar-refractivity contribution in [3.63, 3.8) is 0 Å². The van der Waals surface area contributed by atoms with Crippen LogP contribution in [0.3, 0.4) is 0 Å². The summed E-state index contributed by atoms with van der Waals surface area (Å²) in [5, 5.41) is 3.15. The maximum Gasteiger partial charge on any atom is 0.225 e. The second-order valence-corrected chi connectivity index (χ2v) is 7.50. The van der Waals surface area contributed by atoms with Gasteiger partial charge in [-0.25, -0.2) is 9.97 Å². The van der Waals surface area contributed by atoms with Crippen LogP contribution in [0.15, 0.2) is 35.1 Å². The predicted octanol–water partition coefficient (Wildman–Crippen LogP) is 2.34. The molecule has 8 heteroatoms. The molecule has 1 aromatic carbocycles. The summed E-state index contributed by atoms with van der Waals surface area (Å²) in [5.41, 5.74) is 0.895. The summed E-state index contributed by atoms with van der Waals surface area (Å²) < 4.78 is 12.0. The van der Waals surface area contributed by atoms with Gasteiger partial charge in [0.05, 0.1) is 6.42 Å². The van der Waals surface area contributed by atoms with Gasteiger partial charge in [-0.1, -0.05) is 15.9 Å². The van der Waals surface area contributed by atoms with Gasteiger partial charge in [-0.15, -0.1) is 0 Å². The van der Waals surface area contributed by atoms with Crippen molar-refractivity contribution in [2.24, 2.45) is 0 Å². The number of carbonyl (C=O) groups is 1. The fraction of sp³-hybridized carbons (Fsp3) is 0.421. The van der Waals surface area contributed by atoms with Crippen LogP contribution in [0.1, 0.15) is 18.4 Å². The number of carbonyl (C=O) groups excluding carboxylic acids is 1. The smallest absolute Gasteiger partial charge is 0.225 e. The lowest BCUT2D eigenvalue weighted by molar-refractivity contribution is -0.121. The second kappa shape index (κ2) is 8.12. The molecule has 2 aromatic rings. The van der Waals surface area contributed by atoms with Gasteiger partial charge in [0.25, 0.3) is 0 Å². The Morgan fingerprint density at radius 1 is 1.15 bits per heavy atom. The van der Waals surface area contributed by atoms with Crippen LogP contribution < -0.4 is 19.7 Å². The second-order valence-electron chi connectivity index (χ2n) is 6.64. The van der Waals surface area contributed by atoms with E-state index in [9.17, 15) is 4.79 Å². The highest BCUT2D eigenvalue weighted by atomic mass is 79.9. The number of ether oxygens (including phenoxy) is 2. The summed E-state index contributed by atoms with van der Waals surface area (Å²) in [6.45, 7) is 2.75. The largest absolute Gasteiger partial charge is 0.486 e. The molecule has 1 aromatic heterocycles.